The van der Waals surface area contributed by atoms with Gasteiger partial charge in [-0.25, -0.2) is 13.6 Å². The third-order valence-corrected chi connectivity index (χ3v) is 7.47. The number of nitrogens with zero attached hydrogens (tertiary/aromatic N) is 3. The fourth-order valence-electron chi connectivity index (χ4n) is 5.47. The highest BCUT2D eigenvalue weighted by atomic mass is 19.1. The van der Waals surface area contributed by atoms with Gasteiger partial charge in [0.05, 0.1) is 23.1 Å². The molecule has 1 aromatic carbocycles. The average molecular weight is 569 g/mol. The van der Waals surface area contributed by atoms with Crippen LogP contribution in [-0.4, -0.2) is 66.2 Å². The number of rotatable bonds is 11. The summed E-state index contributed by atoms with van der Waals surface area (Å²) >= 11 is 0. The molecule has 222 valence electrons. The highest BCUT2D eigenvalue weighted by molar-refractivity contribution is 5.88. The van der Waals surface area contributed by atoms with Crippen LogP contribution in [0.4, 0.5) is 14.5 Å². The average Bonchev–Trinajstić information content (AvgIpc) is 2.90. The number of carboxylic acids is 1. The van der Waals surface area contributed by atoms with Gasteiger partial charge in [-0.1, -0.05) is 25.0 Å². The Morgan fingerprint density at radius 2 is 1.85 bits per heavy atom. The Labute approximate surface area is 241 Å². The van der Waals surface area contributed by atoms with E-state index in [0.717, 1.165) is 57.0 Å². The fourth-order valence-corrected chi connectivity index (χ4v) is 5.47. The van der Waals surface area contributed by atoms with Gasteiger partial charge in [-0.15, -0.1) is 0 Å². The smallest absolute Gasteiger partial charge is 0.335 e. The van der Waals surface area contributed by atoms with Crippen molar-refractivity contribution in [3.8, 4) is 0 Å². The summed E-state index contributed by atoms with van der Waals surface area (Å²) in [4.78, 5) is 28.4. The number of carboxylic acid groups (broad SMARTS) is 1. The van der Waals surface area contributed by atoms with Crippen LogP contribution in [0.2, 0.25) is 0 Å². The number of aryl methyl sites for hydroxylation is 1. The molecule has 0 saturated carbocycles. The predicted octanol–water partition coefficient (Wildman–Crippen LogP) is 6.09. The van der Waals surface area contributed by atoms with E-state index in [1.54, 1.807) is 20.0 Å². The van der Waals surface area contributed by atoms with Gasteiger partial charge in [-0.05, 0) is 87.0 Å². The number of likely N-dealkylation sites (tertiary alicyclic amines) is 1. The van der Waals surface area contributed by atoms with Crippen molar-refractivity contribution < 1.29 is 18.7 Å². The lowest BCUT2D eigenvalue weighted by Crippen LogP contribution is -2.35. The maximum atomic E-state index is 14.9. The lowest BCUT2D eigenvalue weighted by atomic mass is 9.85. The molecule has 1 aliphatic heterocycles. The number of pyridine rings is 1. The van der Waals surface area contributed by atoms with Gasteiger partial charge in [0.15, 0.2) is 5.82 Å². The molecule has 1 aromatic heterocycles. The molecule has 9 heteroatoms. The van der Waals surface area contributed by atoms with Crippen molar-refractivity contribution in [3.63, 3.8) is 0 Å². The summed E-state index contributed by atoms with van der Waals surface area (Å²) in [6.45, 7) is 8.15. The third kappa shape index (κ3) is 8.16. The van der Waals surface area contributed by atoms with Gasteiger partial charge >= 0.3 is 5.97 Å². The summed E-state index contributed by atoms with van der Waals surface area (Å²) in [5.74, 6) is -2.04. The van der Waals surface area contributed by atoms with Crippen molar-refractivity contribution in [3.05, 3.63) is 92.6 Å². The summed E-state index contributed by atoms with van der Waals surface area (Å²) in [5, 5.41) is 11.9. The van der Waals surface area contributed by atoms with Gasteiger partial charge in [0.1, 0.15) is 5.82 Å². The van der Waals surface area contributed by atoms with Gasteiger partial charge in [0.25, 0.3) is 5.56 Å². The second kappa shape index (κ2) is 14.3. The Morgan fingerprint density at radius 3 is 2.41 bits per heavy atom. The molecule has 1 fully saturated rings. The number of benzene rings is 1. The Bertz CT molecular complexity index is 1380. The molecule has 0 atom stereocenters. The minimum absolute atomic E-state index is 0.0262. The molecule has 0 bridgehead atoms. The van der Waals surface area contributed by atoms with Crippen LogP contribution < -0.4 is 10.9 Å². The number of aromatic nitrogens is 1. The van der Waals surface area contributed by atoms with E-state index in [4.69, 9.17) is 0 Å². The maximum Gasteiger partial charge on any atom is 0.335 e. The normalized spacial score (nSPS) is 15.8. The van der Waals surface area contributed by atoms with E-state index in [2.05, 4.69) is 23.2 Å². The zero-order chi connectivity index (χ0) is 30.3. The van der Waals surface area contributed by atoms with Crippen molar-refractivity contribution in [2.45, 2.75) is 52.4 Å². The number of aromatic carboxylic acids is 1. The van der Waals surface area contributed by atoms with E-state index in [9.17, 15) is 23.5 Å². The Hall–Kier alpha value is -3.72. The Morgan fingerprint density at radius 1 is 1.17 bits per heavy atom. The molecule has 41 heavy (non-hydrogen) atoms. The number of allylic oxidation sites excluding steroid dienone is 4. The van der Waals surface area contributed by atoms with Crippen LogP contribution in [-0.2, 0) is 0 Å². The highest BCUT2D eigenvalue weighted by Crippen LogP contribution is 2.33. The molecule has 7 nitrogen and oxygen atoms in total. The van der Waals surface area contributed by atoms with E-state index >= 15 is 0 Å². The van der Waals surface area contributed by atoms with E-state index < -0.39 is 17.6 Å². The Kier molecular flexibility index (Phi) is 11.1. The quantitative estimate of drug-likeness (QED) is 0.320. The molecule has 0 unspecified atom stereocenters. The van der Waals surface area contributed by atoms with Gasteiger partial charge in [-0.3, -0.25) is 14.3 Å². The van der Waals surface area contributed by atoms with Crippen LogP contribution >= 0.6 is 0 Å². The number of nitrogens with one attached hydrogen (secondary N) is 1. The second-order valence-corrected chi connectivity index (χ2v) is 10.9. The van der Waals surface area contributed by atoms with E-state index in [0.29, 0.717) is 16.8 Å². The van der Waals surface area contributed by atoms with Gasteiger partial charge < -0.3 is 15.3 Å². The first-order chi connectivity index (χ1) is 19.4. The third-order valence-electron chi connectivity index (χ3n) is 7.47. The highest BCUT2D eigenvalue weighted by Gasteiger charge is 2.25. The summed E-state index contributed by atoms with van der Waals surface area (Å²) < 4.78 is 30.9. The number of piperidine rings is 1. The van der Waals surface area contributed by atoms with Gasteiger partial charge in [0, 0.05) is 40.0 Å². The van der Waals surface area contributed by atoms with Crippen molar-refractivity contribution >= 4 is 17.4 Å². The van der Waals surface area contributed by atoms with Crippen LogP contribution in [0.15, 0.2) is 58.7 Å². The maximum absolute atomic E-state index is 14.9. The molecule has 2 heterocycles. The minimum Gasteiger partial charge on any atom is -0.478 e. The zero-order valence-corrected chi connectivity index (χ0v) is 24.9. The topological polar surface area (TPSA) is 77.8 Å². The van der Waals surface area contributed by atoms with Crippen molar-refractivity contribution in [1.82, 2.24) is 14.4 Å². The molecular weight excluding hydrogens is 526 g/mol. The number of anilines is 1. The van der Waals surface area contributed by atoms with E-state index in [1.165, 1.54) is 22.4 Å². The SMILES string of the molecule is CCC\C(=C/C(C)=C(/C=C\N(C)C)n1cc(F)c(NC)cc1=O)CN1CCC(c2c(C)cc(C(=O)O)cc2F)CC1. The molecule has 2 N–H and O–H groups in total. The van der Waals surface area contributed by atoms with Crippen molar-refractivity contribution in [2.24, 2.45) is 0 Å². The second-order valence-electron chi connectivity index (χ2n) is 10.9. The van der Waals surface area contributed by atoms with Crippen molar-refractivity contribution in [2.75, 3.05) is 46.1 Å². The van der Waals surface area contributed by atoms with Crippen LogP contribution in [0.3, 0.4) is 0 Å². The van der Waals surface area contributed by atoms with Crippen molar-refractivity contribution in [1.29, 1.82) is 0 Å². The molecule has 2 aromatic rings. The number of halogens is 2. The molecule has 0 aliphatic carbocycles. The predicted molar refractivity (Wildman–Crippen MR) is 161 cm³/mol. The first-order valence-corrected chi connectivity index (χ1v) is 14.1. The first-order valence-electron chi connectivity index (χ1n) is 14.1. The Balaban J connectivity index is 1.86. The van der Waals surface area contributed by atoms with Gasteiger partial charge in [0.2, 0.25) is 0 Å². The summed E-state index contributed by atoms with van der Waals surface area (Å²) in [6, 6.07) is 3.93. The van der Waals surface area contributed by atoms with Crippen LogP contribution in [0.25, 0.3) is 5.70 Å². The molecule has 1 aliphatic rings. The molecule has 3 rings (SSSR count). The summed E-state index contributed by atoms with van der Waals surface area (Å²) in [6.07, 6.45) is 10.3. The largest absolute Gasteiger partial charge is 0.478 e. The summed E-state index contributed by atoms with van der Waals surface area (Å²) in [5.41, 5.74) is 3.73. The van der Waals surface area contributed by atoms with E-state index in [1.807, 2.05) is 38.2 Å². The monoisotopic (exact) mass is 568 g/mol. The van der Waals surface area contributed by atoms with Crippen LogP contribution in [0, 0.1) is 18.6 Å². The number of hydrogen-bond acceptors (Lipinski definition) is 5. The first kappa shape index (κ1) is 31.8. The molecule has 0 amide bonds. The standard InChI is InChI=1S/C32H42F2N4O3/c1-7-8-23(15-21(2)29(11-12-36(5)6)38-20-27(34)28(35-4)18-30(38)39)19-37-13-9-24(10-14-37)31-22(3)16-25(32(40)41)17-26(31)33/h11-12,15-18,20,24,35H,7-10,13-14,19H2,1-6H3,(H,40,41)/b12-11-,23-15+,29-21-. The minimum atomic E-state index is -1.13. The van der Waals surface area contributed by atoms with Crippen LogP contribution in [0.5, 0.6) is 0 Å². The number of carbonyl (C=O) groups is 1. The molecule has 1 saturated heterocycles. The molecule has 0 spiro atoms. The molecule has 0 radical (unpaired) electrons. The lowest BCUT2D eigenvalue weighted by molar-refractivity contribution is 0.0696. The fraction of sp³-hybridized carbons (Fsp3) is 0.438. The number of hydrogen-bond donors (Lipinski definition) is 2. The summed E-state index contributed by atoms with van der Waals surface area (Å²) in [7, 11) is 5.34. The lowest BCUT2D eigenvalue weighted by Gasteiger charge is -2.33. The molecular formula is C32H42F2N4O3. The van der Waals surface area contributed by atoms with E-state index in [-0.39, 0.29) is 22.7 Å². The van der Waals surface area contributed by atoms with Gasteiger partial charge in [-0.2, -0.15) is 0 Å². The van der Waals surface area contributed by atoms with Crippen LogP contribution in [0.1, 0.15) is 66.9 Å². The zero-order valence-electron chi connectivity index (χ0n) is 24.9.